The first-order valence-corrected chi connectivity index (χ1v) is 7.80. The molecular weight excluding hydrogens is 326 g/mol. The number of amides is 1. The Morgan fingerprint density at radius 2 is 2.20 bits per heavy atom. The highest BCUT2D eigenvalue weighted by Crippen LogP contribution is 2.31. The largest absolute Gasteiger partial charge is 0.366 e. The molecule has 0 bridgehead atoms. The molecule has 0 saturated carbocycles. The van der Waals surface area contributed by atoms with E-state index in [0.717, 1.165) is 11.1 Å². The lowest BCUT2D eigenvalue weighted by Crippen LogP contribution is -2.55. The van der Waals surface area contributed by atoms with E-state index < -0.39 is 11.8 Å². The number of alkyl halides is 2. The molecule has 2 aromatic heterocycles. The number of nitrogens with one attached hydrogen (secondary N) is 1. The predicted octanol–water partition coefficient (Wildman–Crippen LogP) is 2.58. The molecule has 127 valence electrons. The van der Waals surface area contributed by atoms with Crippen LogP contribution in [-0.4, -0.2) is 39.8 Å². The maximum absolute atomic E-state index is 13.0. The van der Waals surface area contributed by atoms with Crippen molar-refractivity contribution in [2.75, 3.05) is 13.1 Å². The van der Waals surface area contributed by atoms with Gasteiger partial charge in [0.05, 0.1) is 18.7 Å². The summed E-state index contributed by atoms with van der Waals surface area (Å²) >= 11 is 0. The van der Waals surface area contributed by atoms with E-state index in [9.17, 15) is 13.6 Å². The van der Waals surface area contributed by atoms with E-state index in [-0.39, 0.29) is 13.1 Å². The molecule has 3 heterocycles. The van der Waals surface area contributed by atoms with Crippen LogP contribution in [0.5, 0.6) is 0 Å². The Kier molecular flexibility index (Phi) is 3.54. The lowest BCUT2D eigenvalue weighted by atomic mass is 9.97. The van der Waals surface area contributed by atoms with E-state index in [0.29, 0.717) is 28.7 Å². The van der Waals surface area contributed by atoms with Gasteiger partial charge in [0.1, 0.15) is 5.65 Å². The van der Waals surface area contributed by atoms with Crippen molar-refractivity contribution in [3.8, 4) is 11.1 Å². The minimum Gasteiger partial charge on any atom is -0.366 e. The van der Waals surface area contributed by atoms with E-state index in [1.54, 1.807) is 17.3 Å². The number of halogens is 2. The van der Waals surface area contributed by atoms with E-state index >= 15 is 0 Å². The number of rotatable bonds is 4. The van der Waals surface area contributed by atoms with Crippen molar-refractivity contribution in [2.45, 2.75) is 12.5 Å². The van der Waals surface area contributed by atoms with Gasteiger partial charge in [0.2, 0.25) is 5.91 Å². The molecule has 1 aliphatic rings. The van der Waals surface area contributed by atoms with Gasteiger partial charge in [-0.1, -0.05) is 18.2 Å². The Hall–Kier alpha value is -2.80. The van der Waals surface area contributed by atoms with E-state index in [1.165, 1.54) is 0 Å². The van der Waals surface area contributed by atoms with Crippen LogP contribution < -0.4 is 5.73 Å². The molecule has 1 saturated heterocycles. The first kappa shape index (κ1) is 15.7. The van der Waals surface area contributed by atoms with Crippen LogP contribution in [0.1, 0.15) is 15.9 Å². The SMILES string of the molecule is NC(=O)c1c(-c2cccc(CN3CC(F)(F)C3)c2)cnc2[nH]c[c]c12. The van der Waals surface area contributed by atoms with Gasteiger partial charge in [-0.15, -0.1) is 0 Å². The number of nitrogens with two attached hydrogens (primary N) is 1. The number of primary amides is 1. The van der Waals surface area contributed by atoms with Crippen LogP contribution in [0, 0.1) is 6.07 Å². The molecule has 4 rings (SSSR count). The van der Waals surface area contributed by atoms with Crippen molar-refractivity contribution in [3.05, 3.63) is 53.9 Å². The Bertz CT molecular complexity index is 959. The molecule has 3 N–H and O–H groups in total. The molecule has 1 fully saturated rings. The summed E-state index contributed by atoms with van der Waals surface area (Å²) in [6.45, 7) is -0.0214. The Balaban J connectivity index is 1.70. The van der Waals surface area contributed by atoms with Gasteiger partial charge in [-0.3, -0.25) is 9.69 Å². The standard InChI is InChI=1S/C18H15F2N4O/c19-18(20)9-24(10-18)8-11-2-1-3-12(6-11)14-7-23-17-13(4-5-22-17)15(14)16(21)25/h1-3,5-7H,8-10H2,(H2,21,25)(H,22,23). The second kappa shape index (κ2) is 5.63. The molecule has 7 heteroatoms. The summed E-state index contributed by atoms with van der Waals surface area (Å²) in [7, 11) is 0. The molecule has 1 radical (unpaired) electrons. The smallest absolute Gasteiger partial charge is 0.272 e. The zero-order chi connectivity index (χ0) is 17.6. The van der Waals surface area contributed by atoms with Crippen molar-refractivity contribution in [1.82, 2.24) is 14.9 Å². The third-order valence-electron chi connectivity index (χ3n) is 4.30. The van der Waals surface area contributed by atoms with Crippen LogP contribution in [0.15, 0.2) is 36.7 Å². The highest BCUT2D eigenvalue weighted by molar-refractivity contribution is 6.10. The number of nitrogens with zero attached hydrogens (tertiary/aromatic N) is 2. The van der Waals surface area contributed by atoms with Crippen LogP contribution in [0.3, 0.4) is 0 Å². The first-order chi connectivity index (χ1) is 11.9. The molecule has 1 amide bonds. The summed E-state index contributed by atoms with van der Waals surface area (Å²) in [6.07, 6.45) is 3.16. The number of aromatic nitrogens is 2. The van der Waals surface area contributed by atoms with Crippen molar-refractivity contribution in [3.63, 3.8) is 0 Å². The van der Waals surface area contributed by atoms with Crippen LogP contribution >= 0.6 is 0 Å². The Morgan fingerprint density at radius 1 is 1.40 bits per heavy atom. The van der Waals surface area contributed by atoms with Crippen LogP contribution in [0.25, 0.3) is 22.2 Å². The fourth-order valence-electron chi connectivity index (χ4n) is 3.23. The van der Waals surface area contributed by atoms with Crippen LogP contribution in [-0.2, 0) is 6.54 Å². The fraction of sp³-hybridized carbons (Fsp3) is 0.222. The number of hydrogen-bond donors (Lipinski definition) is 2. The van der Waals surface area contributed by atoms with Crippen molar-refractivity contribution >= 4 is 16.9 Å². The zero-order valence-corrected chi connectivity index (χ0v) is 13.2. The Morgan fingerprint density at radius 3 is 2.92 bits per heavy atom. The van der Waals surface area contributed by atoms with Gasteiger partial charge in [-0.2, -0.15) is 0 Å². The number of aromatic amines is 1. The lowest BCUT2D eigenvalue weighted by molar-refractivity contribution is -0.133. The minimum absolute atomic E-state index is 0.227. The third kappa shape index (κ3) is 2.87. The second-order valence-corrected chi connectivity index (χ2v) is 6.27. The van der Waals surface area contributed by atoms with Gasteiger partial charge in [-0.25, -0.2) is 13.8 Å². The topological polar surface area (TPSA) is 75.0 Å². The molecule has 0 unspecified atom stereocenters. The molecule has 0 aliphatic carbocycles. The van der Waals surface area contributed by atoms with Gasteiger partial charge in [0.25, 0.3) is 5.92 Å². The van der Waals surface area contributed by atoms with Gasteiger partial charge in [0.15, 0.2) is 0 Å². The van der Waals surface area contributed by atoms with Crippen molar-refractivity contribution in [1.29, 1.82) is 0 Å². The van der Waals surface area contributed by atoms with E-state index in [2.05, 4.69) is 16.0 Å². The number of fused-ring (bicyclic) bond motifs is 1. The molecule has 25 heavy (non-hydrogen) atoms. The maximum Gasteiger partial charge on any atom is 0.272 e. The van der Waals surface area contributed by atoms with Crippen LogP contribution in [0.4, 0.5) is 8.78 Å². The highest BCUT2D eigenvalue weighted by Gasteiger charge is 2.43. The van der Waals surface area contributed by atoms with E-state index in [1.807, 2.05) is 24.3 Å². The number of likely N-dealkylation sites (tertiary alicyclic amines) is 1. The molecule has 5 nitrogen and oxygen atoms in total. The molecule has 3 aromatic rings. The third-order valence-corrected chi connectivity index (χ3v) is 4.30. The summed E-state index contributed by atoms with van der Waals surface area (Å²) in [6, 6.07) is 10.4. The quantitative estimate of drug-likeness (QED) is 0.766. The summed E-state index contributed by atoms with van der Waals surface area (Å²) < 4.78 is 26.0. The fourth-order valence-corrected chi connectivity index (χ4v) is 3.23. The average molecular weight is 341 g/mol. The normalized spacial score (nSPS) is 16.7. The van der Waals surface area contributed by atoms with Gasteiger partial charge < -0.3 is 10.7 Å². The number of pyridine rings is 1. The van der Waals surface area contributed by atoms with E-state index in [4.69, 9.17) is 5.73 Å². The summed E-state index contributed by atoms with van der Waals surface area (Å²) in [5.74, 6) is -3.15. The number of carbonyl (C=O) groups excluding carboxylic acids is 1. The van der Waals surface area contributed by atoms with Gasteiger partial charge in [0, 0.05) is 36.0 Å². The second-order valence-electron chi connectivity index (χ2n) is 6.27. The first-order valence-electron chi connectivity index (χ1n) is 7.80. The highest BCUT2D eigenvalue weighted by atomic mass is 19.3. The number of carbonyl (C=O) groups is 1. The Labute approximate surface area is 142 Å². The molecule has 0 spiro atoms. The minimum atomic E-state index is -2.59. The number of hydrogen-bond acceptors (Lipinski definition) is 3. The summed E-state index contributed by atoms with van der Waals surface area (Å²) in [5, 5.41) is 0.540. The predicted molar refractivity (Wildman–Crippen MR) is 89.1 cm³/mol. The molecule has 1 aromatic carbocycles. The van der Waals surface area contributed by atoms with Crippen molar-refractivity contribution < 1.29 is 13.6 Å². The summed E-state index contributed by atoms with van der Waals surface area (Å²) in [4.78, 5) is 20.8. The summed E-state index contributed by atoms with van der Waals surface area (Å²) in [5.41, 5.74) is 8.71. The lowest BCUT2D eigenvalue weighted by Gasteiger charge is -2.38. The number of H-pyrrole nitrogens is 1. The van der Waals surface area contributed by atoms with Gasteiger partial charge in [-0.05, 0) is 17.2 Å². The molecule has 0 atom stereocenters. The zero-order valence-electron chi connectivity index (χ0n) is 13.2. The number of benzene rings is 1. The van der Waals surface area contributed by atoms with Crippen molar-refractivity contribution in [2.24, 2.45) is 5.73 Å². The molecule has 1 aliphatic heterocycles. The van der Waals surface area contributed by atoms with Crippen LogP contribution in [0.2, 0.25) is 0 Å². The van der Waals surface area contributed by atoms with Gasteiger partial charge >= 0.3 is 0 Å². The average Bonchev–Trinajstić information content (AvgIpc) is 3.00. The maximum atomic E-state index is 13.0. The molecular formula is C18H15F2N4O. The monoisotopic (exact) mass is 341 g/mol.